The molecule has 0 N–H and O–H groups in total. The second-order valence-corrected chi connectivity index (χ2v) is 5.91. The molecule has 1 aromatic heterocycles. The number of rotatable bonds is 3. The van der Waals surface area contributed by atoms with Crippen LogP contribution in [0.25, 0.3) is 21.7 Å². The molecule has 0 aliphatic heterocycles. The van der Waals surface area contributed by atoms with Gasteiger partial charge < -0.3 is 4.57 Å². The lowest BCUT2D eigenvalue weighted by molar-refractivity contribution is 0.0994. The van der Waals surface area contributed by atoms with Crippen LogP contribution in [0, 0.1) is 0 Å². The Bertz CT molecular complexity index is 1020. The maximum Gasteiger partial charge on any atom is 0.169 e. The van der Waals surface area contributed by atoms with Crippen LogP contribution in [-0.2, 0) is 13.5 Å². The average Bonchev–Trinajstić information content (AvgIpc) is 2.93. The number of carbonyl (C=O) groups is 1. The predicted octanol–water partition coefficient (Wildman–Crippen LogP) is 4.76. The number of nitrogens with zero attached hydrogens (tertiary/aromatic N) is 1. The molecule has 23 heavy (non-hydrogen) atoms. The number of ketones is 1. The van der Waals surface area contributed by atoms with Crippen LogP contribution in [0.4, 0.5) is 0 Å². The summed E-state index contributed by atoms with van der Waals surface area (Å²) in [6.07, 6.45) is 2.37. The van der Waals surface area contributed by atoms with E-state index in [4.69, 9.17) is 0 Å². The third kappa shape index (κ3) is 2.33. The number of carbonyl (C=O) groups excluding carboxylic acids is 1. The van der Waals surface area contributed by atoms with E-state index in [2.05, 4.69) is 18.2 Å². The summed E-state index contributed by atoms with van der Waals surface area (Å²) >= 11 is 0. The summed E-state index contributed by atoms with van der Waals surface area (Å²) in [5, 5.41) is 3.36. The van der Waals surface area contributed by atoms with Crippen molar-refractivity contribution in [2.24, 2.45) is 7.05 Å². The van der Waals surface area contributed by atoms with E-state index in [1.165, 1.54) is 5.39 Å². The van der Waals surface area contributed by atoms with Crippen molar-refractivity contribution in [2.45, 2.75) is 6.42 Å². The summed E-state index contributed by atoms with van der Waals surface area (Å²) in [7, 11) is 1.98. The number of fused-ring (bicyclic) bond motifs is 2. The molecule has 4 aromatic rings. The molecule has 112 valence electrons. The molecule has 0 saturated carbocycles. The Morgan fingerprint density at radius 3 is 2.43 bits per heavy atom. The minimum atomic E-state index is 0.165. The Morgan fingerprint density at radius 1 is 0.870 bits per heavy atom. The van der Waals surface area contributed by atoms with Gasteiger partial charge in [-0.25, -0.2) is 0 Å². The highest BCUT2D eigenvalue weighted by atomic mass is 16.1. The van der Waals surface area contributed by atoms with E-state index in [-0.39, 0.29) is 5.78 Å². The summed E-state index contributed by atoms with van der Waals surface area (Å²) in [5.74, 6) is 0.165. The molecule has 0 fully saturated rings. The van der Waals surface area contributed by atoms with E-state index in [1.54, 1.807) is 0 Å². The van der Waals surface area contributed by atoms with Gasteiger partial charge in [-0.15, -0.1) is 0 Å². The van der Waals surface area contributed by atoms with Gasteiger partial charge in [-0.2, -0.15) is 0 Å². The normalized spacial score (nSPS) is 11.2. The molecule has 0 unspecified atom stereocenters. The van der Waals surface area contributed by atoms with Crippen molar-refractivity contribution >= 4 is 27.5 Å². The minimum absolute atomic E-state index is 0.165. The standard InChI is InChI=1S/C21H17NO/c1-22-14-19(18-11-4-5-12-20(18)22)21(23)13-16-9-6-8-15-7-2-3-10-17(15)16/h2-12,14H,13H2,1H3. The Labute approximate surface area is 135 Å². The van der Waals surface area contributed by atoms with Crippen LogP contribution >= 0.6 is 0 Å². The number of aromatic nitrogens is 1. The Kier molecular flexibility index (Phi) is 3.23. The van der Waals surface area contributed by atoms with E-state index in [9.17, 15) is 4.79 Å². The summed E-state index contributed by atoms with van der Waals surface area (Å²) < 4.78 is 2.02. The van der Waals surface area contributed by atoms with Gasteiger partial charge in [-0.05, 0) is 22.4 Å². The fourth-order valence-electron chi connectivity index (χ4n) is 3.28. The van der Waals surface area contributed by atoms with Gasteiger partial charge in [0, 0.05) is 36.1 Å². The highest BCUT2D eigenvalue weighted by Crippen LogP contribution is 2.24. The van der Waals surface area contributed by atoms with Crippen molar-refractivity contribution in [3.63, 3.8) is 0 Å². The van der Waals surface area contributed by atoms with Crippen molar-refractivity contribution < 1.29 is 4.79 Å². The SMILES string of the molecule is Cn1cc(C(=O)Cc2cccc3ccccc23)c2ccccc21. The first-order chi connectivity index (χ1) is 11.2. The Hall–Kier alpha value is -2.87. The van der Waals surface area contributed by atoms with Crippen molar-refractivity contribution in [1.82, 2.24) is 4.57 Å². The average molecular weight is 299 g/mol. The highest BCUT2D eigenvalue weighted by Gasteiger charge is 2.15. The molecule has 0 atom stereocenters. The molecule has 2 nitrogen and oxygen atoms in total. The number of para-hydroxylation sites is 1. The lowest BCUT2D eigenvalue weighted by Crippen LogP contribution is -2.03. The third-order valence-electron chi connectivity index (χ3n) is 4.43. The maximum absolute atomic E-state index is 12.9. The van der Waals surface area contributed by atoms with Crippen LogP contribution < -0.4 is 0 Å². The smallest absolute Gasteiger partial charge is 0.169 e. The zero-order valence-electron chi connectivity index (χ0n) is 13.0. The van der Waals surface area contributed by atoms with Gasteiger partial charge >= 0.3 is 0 Å². The molecule has 0 bridgehead atoms. The van der Waals surface area contributed by atoms with Crippen LogP contribution in [-0.4, -0.2) is 10.4 Å². The highest BCUT2D eigenvalue weighted by molar-refractivity contribution is 6.09. The van der Waals surface area contributed by atoms with Crippen LogP contribution in [0.3, 0.4) is 0 Å². The van der Waals surface area contributed by atoms with Gasteiger partial charge in [0.2, 0.25) is 0 Å². The molecule has 0 radical (unpaired) electrons. The zero-order valence-corrected chi connectivity index (χ0v) is 13.0. The van der Waals surface area contributed by atoms with Crippen molar-refractivity contribution in [1.29, 1.82) is 0 Å². The first kappa shape index (κ1) is 13.8. The van der Waals surface area contributed by atoms with Gasteiger partial charge in [0.15, 0.2) is 5.78 Å². The van der Waals surface area contributed by atoms with Crippen LogP contribution in [0.15, 0.2) is 72.9 Å². The molecule has 0 spiro atoms. The van der Waals surface area contributed by atoms with Gasteiger partial charge in [0.1, 0.15) is 0 Å². The molecule has 3 aromatic carbocycles. The maximum atomic E-state index is 12.9. The molecular weight excluding hydrogens is 282 g/mol. The molecule has 4 rings (SSSR count). The monoisotopic (exact) mass is 299 g/mol. The van der Waals surface area contributed by atoms with E-state index >= 15 is 0 Å². The molecule has 2 heteroatoms. The summed E-state index contributed by atoms with van der Waals surface area (Å²) in [5.41, 5.74) is 2.98. The van der Waals surface area contributed by atoms with E-state index in [0.717, 1.165) is 27.4 Å². The van der Waals surface area contributed by atoms with Crippen molar-refractivity contribution in [3.05, 3.63) is 84.1 Å². The van der Waals surface area contributed by atoms with Crippen LogP contribution in [0.2, 0.25) is 0 Å². The lowest BCUT2D eigenvalue weighted by Gasteiger charge is -2.05. The van der Waals surface area contributed by atoms with E-state index < -0.39 is 0 Å². The quantitative estimate of drug-likeness (QED) is 0.500. The molecule has 0 aliphatic carbocycles. The van der Waals surface area contributed by atoms with Crippen LogP contribution in [0.5, 0.6) is 0 Å². The number of aryl methyl sites for hydroxylation is 1. The first-order valence-corrected chi connectivity index (χ1v) is 7.78. The third-order valence-corrected chi connectivity index (χ3v) is 4.43. The van der Waals surface area contributed by atoms with Crippen molar-refractivity contribution in [2.75, 3.05) is 0 Å². The summed E-state index contributed by atoms with van der Waals surface area (Å²) in [4.78, 5) is 12.9. The molecule has 0 saturated heterocycles. The topological polar surface area (TPSA) is 22.0 Å². The predicted molar refractivity (Wildman–Crippen MR) is 94.9 cm³/mol. The van der Waals surface area contributed by atoms with Gasteiger partial charge in [-0.1, -0.05) is 60.7 Å². The summed E-state index contributed by atoms with van der Waals surface area (Å²) in [6, 6.07) is 22.4. The number of hydrogen-bond donors (Lipinski definition) is 0. The number of hydrogen-bond acceptors (Lipinski definition) is 1. The first-order valence-electron chi connectivity index (χ1n) is 7.78. The van der Waals surface area contributed by atoms with Crippen LogP contribution in [0.1, 0.15) is 15.9 Å². The van der Waals surface area contributed by atoms with Gasteiger partial charge in [0.05, 0.1) is 0 Å². The van der Waals surface area contributed by atoms with E-state index in [0.29, 0.717) is 6.42 Å². The lowest BCUT2D eigenvalue weighted by atomic mass is 9.97. The molecule has 1 heterocycles. The molecule has 0 aliphatic rings. The fraction of sp³-hybridized carbons (Fsp3) is 0.0952. The molecular formula is C21H17NO. The van der Waals surface area contributed by atoms with E-state index in [1.807, 2.05) is 66.3 Å². The number of Topliss-reactive ketones (excluding diaryl/α,β-unsaturated/α-hetero) is 1. The second kappa shape index (κ2) is 5.40. The number of benzene rings is 3. The van der Waals surface area contributed by atoms with Gasteiger partial charge in [0.25, 0.3) is 0 Å². The second-order valence-electron chi connectivity index (χ2n) is 5.91. The Morgan fingerprint density at radius 2 is 1.57 bits per heavy atom. The summed E-state index contributed by atoms with van der Waals surface area (Å²) in [6.45, 7) is 0. The largest absolute Gasteiger partial charge is 0.350 e. The minimum Gasteiger partial charge on any atom is -0.350 e. The van der Waals surface area contributed by atoms with Crippen molar-refractivity contribution in [3.8, 4) is 0 Å². The van der Waals surface area contributed by atoms with Gasteiger partial charge in [-0.3, -0.25) is 4.79 Å². The fourth-order valence-corrected chi connectivity index (χ4v) is 3.28. The molecule has 0 amide bonds. The Balaban J connectivity index is 1.77. The zero-order chi connectivity index (χ0) is 15.8.